The highest BCUT2D eigenvalue weighted by Gasteiger charge is 2.20. The first-order valence-electron chi connectivity index (χ1n) is 8.53. The van der Waals surface area contributed by atoms with Crippen LogP contribution in [0.4, 0.5) is 5.69 Å². The van der Waals surface area contributed by atoms with Gasteiger partial charge in [-0.1, -0.05) is 60.7 Å². The third kappa shape index (κ3) is 3.03. The fourth-order valence-corrected chi connectivity index (χ4v) is 3.28. The zero-order valence-electron chi connectivity index (χ0n) is 14.5. The zero-order chi connectivity index (χ0) is 17.2. The number of hydrogen-bond acceptors (Lipinski definition) is 2. The van der Waals surface area contributed by atoms with E-state index >= 15 is 0 Å². The third-order valence-corrected chi connectivity index (χ3v) is 4.60. The Hall–Kier alpha value is -3.00. The van der Waals surface area contributed by atoms with Crippen LogP contribution >= 0.6 is 0 Å². The summed E-state index contributed by atoms with van der Waals surface area (Å²) in [5, 5.41) is 1.14. The molecular weight excluding hydrogens is 306 g/mol. The Morgan fingerprint density at radius 3 is 2.04 bits per heavy atom. The monoisotopic (exact) mass is 327 g/mol. The predicted molar refractivity (Wildman–Crippen MR) is 104 cm³/mol. The summed E-state index contributed by atoms with van der Waals surface area (Å²) < 4.78 is 6.21. The molecule has 0 aliphatic carbocycles. The maximum atomic E-state index is 6.21. The van der Waals surface area contributed by atoms with Crippen LogP contribution in [-0.2, 0) is 0 Å². The van der Waals surface area contributed by atoms with Gasteiger partial charge in [0.25, 0.3) is 0 Å². The Bertz CT molecular complexity index is 935. The molecule has 0 aliphatic rings. The number of para-hydroxylation sites is 1. The van der Waals surface area contributed by atoms with Gasteiger partial charge in [-0.3, -0.25) is 0 Å². The molecule has 0 aliphatic heterocycles. The Labute approximate surface area is 148 Å². The quantitative estimate of drug-likeness (QED) is 0.479. The number of rotatable bonds is 4. The molecule has 0 N–H and O–H groups in total. The van der Waals surface area contributed by atoms with Gasteiger partial charge < -0.3 is 9.32 Å². The number of fused-ring (bicyclic) bond motifs is 1. The summed E-state index contributed by atoms with van der Waals surface area (Å²) in [7, 11) is 4.12. The van der Waals surface area contributed by atoms with Crippen LogP contribution in [0.25, 0.3) is 11.0 Å². The maximum Gasteiger partial charge on any atom is 0.134 e. The second-order valence-corrected chi connectivity index (χ2v) is 6.52. The number of nitrogens with zero attached hydrogens (tertiary/aromatic N) is 1. The Morgan fingerprint density at radius 1 is 0.720 bits per heavy atom. The van der Waals surface area contributed by atoms with Gasteiger partial charge in [0, 0.05) is 25.2 Å². The van der Waals surface area contributed by atoms with E-state index in [1.807, 2.05) is 24.3 Å². The molecule has 2 nitrogen and oxygen atoms in total. The highest BCUT2D eigenvalue weighted by Crippen LogP contribution is 2.35. The average Bonchev–Trinajstić information content (AvgIpc) is 3.07. The molecule has 0 saturated carbocycles. The summed E-state index contributed by atoms with van der Waals surface area (Å²) in [5.74, 6) is 1.06. The van der Waals surface area contributed by atoms with Crippen LogP contribution < -0.4 is 4.90 Å². The summed E-state index contributed by atoms with van der Waals surface area (Å²) in [6, 6.07) is 29.6. The number of furan rings is 1. The van der Waals surface area contributed by atoms with Gasteiger partial charge in [-0.05, 0) is 35.4 Å². The van der Waals surface area contributed by atoms with Crippen LogP contribution in [0, 0.1) is 0 Å². The smallest absolute Gasteiger partial charge is 0.134 e. The van der Waals surface area contributed by atoms with Gasteiger partial charge in [0.15, 0.2) is 0 Å². The van der Waals surface area contributed by atoms with E-state index in [4.69, 9.17) is 4.42 Å². The third-order valence-electron chi connectivity index (χ3n) is 4.60. The first-order valence-corrected chi connectivity index (χ1v) is 8.53. The molecule has 0 fully saturated rings. The molecule has 25 heavy (non-hydrogen) atoms. The van der Waals surface area contributed by atoms with Crippen molar-refractivity contribution in [2.75, 3.05) is 19.0 Å². The normalized spacial score (nSPS) is 12.2. The minimum atomic E-state index is 0.0878. The lowest BCUT2D eigenvalue weighted by atomic mass is 9.89. The Balaban J connectivity index is 1.84. The molecule has 1 atom stereocenters. The second-order valence-electron chi connectivity index (χ2n) is 6.52. The molecule has 1 unspecified atom stereocenters. The lowest BCUT2D eigenvalue weighted by Crippen LogP contribution is -2.09. The highest BCUT2D eigenvalue weighted by atomic mass is 16.3. The van der Waals surface area contributed by atoms with E-state index in [-0.39, 0.29) is 5.92 Å². The van der Waals surface area contributed by atoms with E-state index in [9.17, 15) is 0 Å². The maximum absolute atomic E-state index is 6.21. The molecule has 4 rings (SSSR count). The van der Waals surface area contributed by atoms with Gasteiger partial charge in [-0.2, -0.15) is 0 Å². The second kappa shape index (κ2) is 6.48. The summed E-state index contributed by atoms with van der Waals surface area (Å²) >= 11 is 0. The minimum Gasteiger partial charge on any atom is -0.460 e. The number of hydrogen-bond donors (Lipinski definition) is 0. The van der Waals surface area contributed by atoms with E-state index in [0.29, 0.717) is 0 Å². The van der Waals surface area contributed by atoms with Crippen LogP contribution in [-0.4, -0.2) is 14.1 Å². The van der Waals surface area contributed by atoms with Crippen molar-refractivity contribution < 1.29 is 4.42 Å². The van der Waals surface area contributed by atoms with Gasteiger partial charge >= 0.3 is 0 Å². The SMILES string of the molecule is CN(C)c1ccc(C(c2ccccc2)c2cc3ccccc3o2)cc1. The minimum absolute atomic E-state index is 0.0878. The molecular formula is C23H21NO. The number of benzene rings is 3. The van der Waals surface area contributed by atoms with Crippen LogP contribution in [0.1, 0.15) is 22.8 Å². The van der Waals surface area contributed by atoms with Crippen molar-refractivity contribution in [1.82, 2.24) is 0 Å². The molecule has 2 heteroatoms. The number of anilines is 1. The zero-order valence-corrected chi connectivity index (χ0v) is 14.5. The molecule has 1 aromatic heterocycles. The van der Waals surface area contributed by atoms with Crippen molar-refractivity contribution in [3.63, 3.8) is 0 Å². The molecule has 0 spiro atoms. The summed E-state index contributed by atoms with van der Waals surface area (Å²) in [4.78, 5) is 2.11. The van der Waals surface area contributed by atoms with Crippen LogP contribution in [0.5, 0.6) is 0 Å². The predicted octanol–water partition coefficient (Wildman–Crippen LogP) is 5.68. The molecule has 4 aromatic rings. The van der Waals surface area contributed by atoms with Crippen molar-refractivity contribution in [3.05, 3.63) is 102 Å². The van der Waals surface area contributed by atoms with Crippen molar-refractivity contribution >= 4 is 16.7 Å². The molecule has 124 valence electrons. The van der Waals surface area contributed by atoms with Crippen molar-refractivity contribution in [2.45, 2.75) is 5.92 Å². The van der Waals surface area contributed by atoms with Crippen LogP contribution in [0.2, 0.25) is 0 Å². The fourth-order valence-electron chi connectivity index (χ4n) is 3.28. The van der Waals surface area contributed by atoms with E-state index in [0.717, 1.165) is 16.7 Å². The first-order chi connectivity index (χ1) is 12.2. The van der Waals surface area contributed by atoms with E-state index in [2.05, 4.69) is 79.7 Å². The van der Waals surface area contributed by atoms with E-state index < -0.39 is 0 Å². The fraction of sp³-hybridized carbons (Fsp3) is 0.130. The van der Waals surface area contributed by atoms with Gasteiger partial charge in [0.2, 0.25) is 0 Å². The Morgan fingerprint density at radius 2 is 1.36 bits per heavy atom. The molecule has 1 heterocycles. The molecule has 0 bridgehead atoms. The van der Waals surface area contributed by atoms with Gasteiger partial charge in [0.1, 0.15) is 11.3 Å². The van der Waals surface area contributed by atoms with Crippen molar-refractivity contribution in [2.24, 2.45) is 0 Å². The largest absolute Gasteiger partial charge is 0.460 e. The molecule has 0 radical (unpaired) electrons. The highest BCUT2D eigenvalue weighted by molar-refractivity contribution is 5.78. The molecule has 3 aromatic carbocycles. The summed E-state index contributed by atoms with van der Waals surface area (Å²) in [6.07, 6.45) is 0. The van der Waals surface area contributed by atoms with E-state index in [1.165, 1.54) is 16.8 Å². The van der Waals surface area contributed by atoms with Crippen LogP contribution in [0.3, 0.4) is 0 Å². The lowest BCUT2D eigenvalue weighted by molar-refractivity contribution is 0.542. The average molecular weight is 327 g/mol. The molecule has 0 amide bonds. The topological polar surface area (TPSA) is 16.4 Å². The van der Waals surface area contributed by atoms with Crippen LogP contribution in [0.15, 0.2) is 89.3 Å². The van der Waals surface area contributed by atoms with Crippen molar-refractivity contribution in [3.8, 4) is 0 Å². The molecule has 0 saturated heterocycles. The summed E-state index contributed by atoms with van der Waals surface area (Å²) in [6.45, 7) is 0. The van der Waals surface area contributed by atoms with Gasteiger partial charge in [-0.15, -0.1) is 0 Å². The summed E-state index contributed by atoms with van der Waals surface area (Å²) in [5.41, 5.74) is 4.60. The lowest BCUT2D eigenvalue weighted by Gasteiger charge is -2.18. The van der Waals surface area contributed by atoms with Crippen molar-refractivity contribution in [1.29, 1.82) is 0 Å². The standard InChI is InChI=1S/C23H21NO/c1-24(2)20-14-12-18(13-15-20)23(17-8-4-3-5-9-17)22-16-19-10-6-7-11-21(19)25-22/h3-16,23H,1-2H3. The first kappa shape index (κ1) is 15.5. The Kier molecular flexibility index (Phi) is 4.02. The van der Waals surface area contributed by atoms with Gasteiger partial charge in [0.05, 0.1) is 5.92 Å². The van der Waals surface area contributed by atoms with Gasteiger partial charge in [-0.25, -0.2) is 0 Å². The van der Waals surface area contributed by atoms with E-state index in [1.54, 1.807) is 0 Å².